The summed E-state index contributed by atoms with van der Waals surface area (Å²) >= 11 is 0. The number of hydrogen-bond acceptors (Lipinski definition) is 8. The van der Waals surface area contributed by atoms with Crippen LogP contribution in [0.4, 0.5) is 0 Å². The Labute approximate surface area is 180 Å². The van der Waals surface area contributed by atoms with Crippen molar-refractivity contribution >= 4 is 17.5 Å². The van der Waals surface area contributed by atoms with Gasteiger partial charge in [-0.05, 0) is 45.4 Å². The predicted octanol–water partition coefficient (Wildman–Crippen LogP) is 1.59. The number of carbonyl (C=O) groups is 3. The zero-order valence-electron chi connectivity index (χ0n) is 17.6. The average Bonchev–Trinajstić information content (AvgIpc) is 3.40. The summed E-state index contributed by atoms with van der Waals surface area (Å²) in [5.74, 6) is -1.91. The molecular formula is C23H26O8. The molecule has 0 aromatic carbocycles. The van der Waals surface area contributed by atoms with Crippen molar-refractivity contribution in [2.24, 2.45) is 0 Å². The number of Topliss-reactive ketones (excluding diaryl/α,β-unsaturated/α-hetero) is 1. The second-order valence-electron chi connectivity index (χ2n) is 7.86. The Morgan fingerprint density at radius 3 is 2.61 bits per heavy atom. The first kappa shape index (κ1) is 22.9. The van der Waals surface area contributed by atoms with Crippen LogP contribution in [0.1, 0.15) is 33.6 Å². The molecule has 31 heavy (non-hydrogen) atoms. The van der Waals surface area contributed by atoms with Gasteiger partial charge < -0.3 is 24.4 Å². The summed E-state index contributed by atoms with van der Waals surface area (Å²) in [5.41, 5.74) is -3.22. The first-order chi connectivity index (χ1) is 14.6. The fourth-order valence-corrected chi connectivity index (χ4v) is 3.56. The molecule has 1 fully saturated rings. The van der Waals surface area contributed by atoms with Gasteiger partial charge >= 0.3 is 5.97 Å². The molecule has 1 saturated heterocycles. The Balaban J connectivity index is 1.77. The summed E-state index contributed by atoms with van der Waals surface area (Å²) in [4.78, 5) is 38.2. The Bertz CT molecular complexity index is 922. The van der Waals surface area contributed by atoms with E-state index in [-0.39, 0.29) is 6.42 Å². The van der Waals surface area contributed by atoms with Crippen LogP contribution < -0.4 is 0 Å². The van der Waals surface area contributed by atoms with Gasteiger partial charge in [-0.3, -0.25) is 14.4 Å². The fourth-order valence-electron chi connectivity index (χ4n) is 3.56. The van der Waals surface area contributed by atoms with E-state index in [0.29, 0.717) is 11.3 Å². The van der Waals surface area contributed by atoms with Crippen LogP contribution in [0.25, 0.3) is 0 Å². The summed E-state index contributed by atoms with van der Waals surface area (Å²) in [5, 5.41) is 19.1. The monoisotopic (exact) mass is 430 g/mol. The van der Waals surface area contributed by atoms with Gasteiger partial charge in [0.1, 0.15) is 5.76 Å². The van der Waals surface area contributed by atoms with Crippen molar-refractivity contribution in [1.29, 1.82) is 0 Å². The van der Waals surface area contributed by atoms with Crippen LogP contribution in [0.15, 0.2) is 59.9 Å². The molecule has 3 aliphatic rings. The lowest BCUT2D eigenvalue weighted by atomic mass is 9.75. The molecule has 5 atom stereocenters. The minimum atomic E-state index is -2.08. The van der Waals surface area contributed by atoms with E-state index >= 15 is 0 Å². The Morgan fingerprint density at radius 1 is 1.23 bits per heavy atom. The molecular weight excluding hydrogens is 404 g/mol. The molecule has 1 spiro atoms. The maximum atomic E-state index is 13.2. The van der Waals surface area contributed by atoms with Gasteiger partial charge in [0, 0.05) is 5.57 Å². The lowest BCUT2D eigenvalue weighted by Gasteiger charge is -2.33. The van der Waals surface area contributed by atoms with Crippen molar-refractivity contribution in [3.8, 4) is 0 Å². The van der Waals surface area contributed by atoms with Crippen molar-refractivity contribution in [1.82, 2.24) is 0 Å². The van der Waals surface area contributed by atoms with Crippen molar-refractivity contribution in [3.63, 3.8) is 0 Å². The predicted molar refractivity (Wildman–Crippen MR) is 109 cm³/mol. The zero-order valence-corrected chi connectivity index (χ0v) is 17.6. The van der Waals surface area contributed by atoms with Crippen molar-refractivity contribution < 1.29 is 38.8 Å². The number of carbonyl (C=O) groups excluding carboxylic acids is 3. The first-order valence-electron chi connectivity index (χ1n) is 10.0. The molecule has 2 N–H and O–H groups in total. The molecule has 5 unspecified atom stereocenters. The van der Waals surface area contributed by atoms with E-state index in [9.17, 15) is 24.6 Å². The van der Waals surface area contributed by atoms with Gasteiger partial charge in [-0.25, -0.2) is 0 Å². The van der Waals surface area contributed by atoms with E-state index in [4.69, 9.17) is 14.2 Å². The molecule has 8 nitrogen and oxygen atoms in total. The van der Waals surface area contributed by atoms with Crippen molar-refractivity contribution in [2.45, 2.75) is 63.3 Å². The summed E-state index contributed by atoms with van der Waals surface area (Å²) in [6.45, 7) is 4.58. The topological polar surface area (TPSA) is 123 Å². The molecule has 0 amide bonds. The largest absolute Gasteiger partial charge is 0.461 e. The zero-order chi connectivity index (χ0) is 22.8. The molecule has 0 bridgehead atoms. The second-order valence-corrected chi connectivity index (χ2v) is 7.86. The normalized spacial score (nSPS) is 31.7. The van der Waals surface area contributed by atoms with E-state index in [1.54, 1.807) is 24.3 Å². The highest BCUT2D eigenvalue weighted by Gasteiger charge is 2.75. The third-order valence-corrected chi connectivity index (χ3v) is 5.18. The van der Waals surface area contributed by atoms with Crippen molar-refractivity contribution in [2.75, 3.05) is 0 Å². The number of rotatable bonds is 8. The summed E-state index contributed by atoms with van der Waals surface area (Å²) in [6.07, 6.45) is 10.2. The lowest BCUT2D eigenvalue weighted by Crippen LogP contribution is -2.57. The SMILES string of the molecule is CC=CC=CC=CC1=CC2=CC(=O)C(C)(OC(=O)CC(O)CC(C)O)C(=O)C23OC3O1. The summed E-state index contributed by atoms with van der Waals surface area (Å²) in [6, 6.07) is 0. The summed E-state index contributed by atoms with van der Waals surface area (Å²) < 4.78 is 16.4. The smallest absolute Gasteiger partial charge is 0.309 e. The molecule has 166 valence electrons. The highest BCUT2D eigenvalue weighted by Crippen LogP contribution is 2.54. The number of esters is 1. The van der Waals surface area contributed by atoms with E-state index in [0.717, 1.165) is 0 Å². The van der Waals surface area contributed by atoms with E-state index in [1.807, 2.05) is 25.2 Å². The van der Waals surface area contributed by atoms with Gasteiger partial charge in [0.05, 0.1) is 18.6 Å². The highest BCUT2D eigenvalue weighted by atomic mass is 16.8. The van der Waals surface area contributed by atoms with Crippen LogP contribution in [0, 0.1) is 0 Å². The van der Waals surface area contributed by atoms with Gasteiger partial charge in [-0.1, -0.05) is 30.4 Å². The molecule has 2 heterocycles. The van der Waals surface area contributed by atoms with Crippen molar-refractivity contribution in [3.05, 3.63) is 59.9 Å². The molecule has 0 aromatic rings. The van der Waals surface area contributed by atoms with E-state index in [2.05, 4.69) is 0 Å². The maximum absolute atomic E-state index is 13.2. The third-order valence-electron chi connectivity index (χ3n) is 5.18. The minimum absolute atomic E-state index is 0.0360. The van der Waals surface area contributed by atoms with Crippen LogP contribution in [-0.2, 0) is 28.6 Å². The maximum Gasteiger partial charge on any atom is 0.309 e. The molecule has 0 saturated carbocycles. The number of allylic oxidation sites excluding steroid dienone is 6. The molecule has 0 aromatic heterocycles. The standard InChI is InChI=1S/C23H26O8/c1-4-5-6-7-8-9-17-11-15-12-18(26)22(3,20(28)23(15)21(29-17)31-23)30-19(27)13-16(25)10-14(2)24/h4-9,11-12,14,16,21,24-25H,10,13H2,1-3H3. The first-order valence-corrected chi connectivity index (χ1v) is 10.0. The van der Waals surface area contributed by atoms with Gasteiger partial charge in [0.25, 0.3) is 0 Å². The Hall–Kier alpha value is -2.81. The van der Waals surface area contributed by atoms with Crippen LogP contribution in [0.3, 0.4) is 0 Å². The van der Waals surface area contributed by atoms with Gasteiger partial charge in [0.2, 0.25) is 29.1 Å². The van der Waals surface area contributed by atoms with Gasteiger partial charge in [0.15, 0.2) is 0 Å². The number of ether oxygens (including phenoxy) is 3. The Kier molecular flexibility index (Phi) is 6.45. The van der Waals surface area contributed by atoms with Crippen LogP contribution >= 0.6 is 0 Å². The van der Waals surface area contributed by atoms with Crippen LogP contribution in [0.5, 0.6) is 0 Å². The third kappa shape index (κ3) is 4.46. The number of aliphatic hydroxyl groups excluding tert-OH is 2. The number of ketones is 2. The lowest BCUT2D eigenvalue weighted by molar-refractivity contribution is -0.173. The molecule has 2 aliphatic heterocycles. The van der Waals surface area contributed by atoms with E-state index < -0.39 is 53.7 Å². The second kappa shape index (κ2) is 8.74. The number of hydrogen-bond donors (Lipinski definition) is 2. The molecule has 3 rings (SSSR count). The minimum Gasteiger partial charge on any atom is -0.461 e. The van der Waals surface area contributed by atoms with E-state index in [1.165, 1.54) is 19.9 Å². The molecule has 0 radical (unpaired) electrons. The molecule has 8 heteroatoms. The van der Waals surface area contributed by atoms with Crippen LogP contribution in [-0.4, -0.2) is 57.4 Å². The molecule has 1 aliphatic carbocycles. The average molecular weight is 430 g/mol. The quantitative estimate of drug-likeness (QED) is 0.258. The highest BCUT2D eigenvalue weighted by molar-refractivity contribution is 6.23. The number of epoxide rings is 1. The van der Waals surface area contributed by atoms with Crippen LogP contribution in [0.2, 0.25) is 0 Å². The van der Waals surface area contributed by atoms with Gasteiger partial charge in [-0.15, -0.1) is 0 Å². The summed E-state index contributed by atoms with van der Waals surface area (Å²) in [7, 11) is 0. The van der Waals surface area contributed by atoms with Gasteiger partial charge in [-0.2, -0.15) is 0 Å². The fraction of sp³-hybridized carbons (Fsp3) is 0.435. The number of aliphatic hydroxyl groups is 2. The Morgan fingerprint density at radius 2 is 1.94 bits per heavy atom.